The summed E-state index contributed by atoms with van der Waals surface area (Å²) in [7, 11) is 0. The van der Waals surface area contributed by atoms with E-state index in [9.17, 15) is 14.4 Å². The lowest BCUT2D eigenvalue weighted by molar-refractivity contribution is -0.115. The van der Waals surface area contributed by atoms with Gasteiger partial charge in [0, 0.05) is 43.4 Å². The minimum atomic E-state index is -0.244. The van der Waals surface area contributed by atoms with E-state index in [4.69, 9.17) is 5.73 Å². The van der Waals surface area contributed by atoms with E-state index in [0.29, 0.717) is 35.9 Å². The van der Waals surface area contributed by atoms with Crippen molar-refractivity contribution in [1.29, 1.82) is 0 Å². The summed E-state index contributed by atoms with van der Waals surface area (Å²) in [6, 6.07) is 4.98. The first-order chi connectivity index (χ1) is 11.3. The third-order valence-electron chi connectivity index (χ3n) is 4.08. The highest BCUT2D eigenvalue weighted by Gasteiger charge is 2.32. The molecule has 2 atom stereocenters. The third kappa shape index (κ3) is 5.44. The van der Waals surface area contributed by atoms with Crippen molar-refractivity contribution in [2.45, 2.75) is 33.2 Å². The van der Waals surface area contributed by atoms with Gasteiger partial charge in [-0.2, -0.15) is 0 Å². The van der Waals surface area contributed by atoms with Crippen LogP contribution in [0.2, 0.25) is 0 Å². The van der Waals surface area contributed by atoms with Gasteiger partial charge in [-0.25, -0.2) is 0 Å². The van der Waals surface area contributed by atoms with Crippen molar-refractivity contribution < 1.29 is 14.4 Å². The SMILES string of the molecule is CC(=O)Nc1cc(NC(C)=O)cc(C(=O)N2CC(CN)CC2C)c1.Cl. The maximum absolute atomic E-state index is 12.9. The molecular formula is C17H25ClN4O3. The Morgan fingerprint density at radius 1 is 1.12 bits per heavy atom. The van der Waals surface area contributed by atoms with Crippen LogP contribution in [0.4, 0.5) is 11.4 Å². The maximum atomic E-state index is 12.9. The Hall–Kier alpha value is -2.12. The molecule has 138 valence electrons. The van der Waals surface area contributed by atoms with E-state index in [1.807, 2.05) is 6.92 Å². The molecule has 7 nitrogen and oxygen atoms in total. The Morgan fingerprint density at radius 2 is 1.64 bits per heavy atom. The van der Waals surface area contributed by atoms with E-state index in [0.717, 1.165) is 6.42 Å². The second kappa shape index (κ2) is 8.82. The van der Waals surface area contributed by atoms with Crippen LogP contribution in [0.15, 0.2) is 18.2 Å². The number of benzene rings is 1. The Balaban J connectivity index is 0.00000312. The molecule has 0 aromatic heterocycles. The van der Waals surface area contributed by atoms with Crippen molar-refractivity contribution in [3.63, 3.8) is 0 Å². The number of nitrogens with one attached hydrogen (secondary N) is 2. The predicted molar refractivity (Wildman–Crippen MR) is 100.0 cm³/mol. The molecule has 1 aliphatic rings. The lowest BCUT2D eigenvalue weighted by Gasteiger charge is -2.22. The highest BCUT2D eigenvalue weighted by Crippen LogP contribution is 2.26. The third-order valence-corrected chi connectivity index (χ3v) is 4.08. The number of hydrogen-bond donors (Lipinski definition) is 3. The standard InChI is InChI=1S/C17H24N4O3.ClH/c1-10-4-13(8-18)9-21(10)17(24)14-5-15(19-11(2)22)7-16(6-14)20-12(3)23;/h5-7,10,13H,4,8-9,18H2,1-3H3,(H,19,22)(H,20,23);1H. The summed E-state index contributed by atoms with van der Waals surface area (Å²) in [5.41, 5.74) is 7.09. The first-order valence-electron chi connectivity index (χ1n) is 8.01. The maximum Gasteiger partial charge on any atom is 0.254 e. The van der Waals surface area contributed by atoms with Crippen LogP contribution in [0.25, 0.3) is 0 Å². The minimum Gasteiger partial charge on any atom is -0.336 e. The molecule has 4 N–H and O–H groups in total. The summed E-state index contributed by atoms with van der Waals surface area (Å²) in [6.45, 7) is 5.95. The van der Waals surface area contributed by atoms with Crippen LogP contribution in [-0.4, -0.2) is 41.8 Å². The highest BCUT2D eigenvalue weighted by atomic mass is 35.5. The molecule has 25 heavy (non-hydrogen) atoms. The molecule has 0 bridgehead atoms. The molecule has 2 rings (SSSR count). The first-order valence-corrected chi connectivity index (χ1v) is 8.01. The number of rotatable bonds is 4. The molecule has 0 spiro atoms. The van der Waals surface area contributed by atoms with Gasteiger partial charge in [0.15, 0.2) is 0 Å². The Morgan fingerprint density at radius 3 is 2.04 bits per heavy atom. The second-order valence-corrected chi connectivity index (χ2v) is 6.31. The van der Waals surface area contributed by atoms with Crippen LogP contribution in [-0.2, 0) is 9.59 Å². The molecule has 0 radical (unpaired) electrons. The van der Waals surface area contributed by atoms with Crippen LogP contribution in [0.1, 0.15) is 37.6 Å². The number of hydrogen-bond acceptors (Lipinski definition) is 4. The fourth-order valence-corrected chi connectivity index (χ4v) is 3.06. The van der Waals surface area contributed by atoms with E-state index in [2.05, 4.69) is 10.6 Å². The number of carbonyl (C=O) groups excluding carboxylic acids is 3. The van der Waals surface area contributed by atoms with Crippen LogP contribution in [0, 0.1) is 5.92 Å². The fraction of sp³-hybridized carbons (Fsp3) is 0.471. The molecule has 1 heterocycles. The topological polar surface area (TPSA) is 105 Å². The van der Waals surface area contributed by atoms with Gasteiger partial charge < -0.3 is 21.3 Å². The smallest absolute Gasteiger partial charge is 0.254 e. The Labute approximate surface area is 153 Å². The van der Waals surface area contributed by atoms with Crippen LogP contribution < -0.4 is 16.4 Å². The zero-order valence-electron chi connectivity index (χ0n) is 14.7. The number of halogens is 1. The summed E-state index contributed by atoms with van der Waals surface area (Å²) in [5.74, 6) is -0.313. The number of nitrogens with two attached hydrogens (primary N) is 1. The van der Waals surface area contributed by atoms with Gasteiger partial charge in [0.05, 0.1) is 0 Å². The Bertz CT molecular complexity index is 631. The largest absolute Gasteiger partial charge is 0.336 e. The molecule has 2 unspecified atom stereocenters. The van der Waals surface area contributed by atoms with Gasteiger partial charge in [-0.05, 0) is 44.0 Å². The number of likely N-dealkylation sites (tertiary alicyclic amines) is 1. The van der Waals surface area contributed by atoms with Gasteiger partial charge in [0.1, 0.15) is 0 Å². The van der Waals surface area contributed by atoms with Gasteiger partial charge in [0.25, 0.3) is 5.91 Å². The molecule has 1 fully saturated rings. The van der Waals surface area contributed by atoms with Gasteiger partial charge >= 0.3 is 0 Å². The van der Waals surface area contributed by atoms with Crippen LogP contribution in [0.5, 0.6) is 0 Å². The van der Waals surface area contributed by atoms with Crippen LogP contribution >= 0.6 is 12.4 Å². The van der Waals surface area contributed by atoms with Gasteiger partial charge in [-0.15, -0.1) is 12.4 Å². The molecule has 1 aromatic rings. The number of nitrogens with zero attached hydrogens (tertiary/aromatic N) is 1. The van der Waals surface area contributed by atoms with E-state index >= 15 is 0 Å². The van der Waals surface area contributed by atoms with Crippen molar-refractivity contribution in [3.8, 4) is 0 Å². The van der Waals surface area contributed by atoms with Crippen molar-refractivity contribution in [1.82, 2.24) is 4.90 Å². The Kier molecular flexibility index (Phi) is 7.38. The molecule has 0 aliphatic carbocycles. The van der Waals surface area contributed by atoms with E-state index < -0.39 is 0 Å². The lowest BCUT2D eigenvalue weighted by Crippen LogP contribution is -2.34. The summed E-state index contributed by atoms with van der Waals surface area (Å²) in [4.78, 5) is 37.3. The summed E-state index contributed by atoms with van der Waals surface area (Å²) in [5, 5.41) is 5.31. The zero-order valence-corrected chi connectivity index (χ0v) is 15.5. The van der Waals surface area contributed by atoms with Crippen molar-refractivity contribution >= 4 is 41.5 Å². The predicted octanol–water partition coefficient (Wildman–Crippen LogP) is 1.83. The van der Waals surface area contributed by atoms with E-state index in [-0.39, 0.29) is 36.2 Å². The van der Waals surface area contributed by atoms with E-state index in [1.165, 1.54) is 13.8 Å². The van der Waals surface area contributed by atoms with Crippen molar-refractivity contribution in [2.24, 2.45) is 11.7 Å². The molecule has 1 aliphatic heterocycles. The molecule has 1 saturated heterocycles. The number of carbonyl (C=O) groups is 3. The number of amides is 3. The molecular weight excluding hydrogens is 344 g/mol. The van der Waals surface area contributed by atoms with E-state index in [1.54, 1.807) is 23.1 Å². The van der Waals surface area contributed by atoms with Gasteiger partial charge in [-0.1, -0.05) is 0 Å². The number of anilines is 2. The average Bonchev–Trinajstić information content (AvgIpc) is 2.86. The minimum absolute atomic E-state index is 0. The summed E-state index contributed by atoms with van der Waals surface area (Å²) < 4.78 is 0. The molecule has 8 heteroatoms. The summed E-state index contributed by atoms with van der Waals surface area (Å²) >= 11 is 0. The quantitative estimate of drug-likeness (QED) is 0.754. The zero-order chi connectivity index (χ0) is 17.9. The monoisotopic (exact) mass is 368 g/mol. The van der Waals surface area contributed by atoms with Gasteiger partial charge in [0.2, 0.25) is 11.8 Å². The molecule has 3 amide bonds. The summed E-state index contributed by atoms with van der Waals surface area (Å²) in [6.07, 6.45) is 0.881. The normalized spacial score (nSPS) is 19.1. The molecule has 1 aromatic carbocycles. The second-order valence-electron chi connectivity index (χ2n) is 6.31. The van der Waals surface area contributed by atoms with Crippen molar-refractivity contribution in [2.75, 3.05) is 23.7 Å². The highest BCUT2D eigenvalue weighted by molar-refractivity contribution is 6.00. The van der Waals surface area contributed by atoms with Crippen molar-refractivity contribution in [3.05, 3.63) is 23.8 Å². The fourth-order valence-electron chi connectivity index (χ4n) is 3.06. The van der Waals surface area contributed by atoms with Crippen LogP contribution in [0.3, 0.4) is 0 Å². The van der Waals surface area contributed by atoms with Gasteiger partial charge in [-0.3, -0.25) is 14.4 Å². The first kappa shape index (κ1) is 20.9. The lowest BCUT2D eigenvalue weighted by atomic mass is 10.1. The average molecular weight is 369 g/mol. The molecule has 0 saturated carbocycles.